The van der Waals surface area contributed by atoms with E-state index in [9.17, 15) is 19.2 Å². The molecule has 1 atom stereocenters. The highest BCUT2D eigenvalue weighted by Gasteiger charge is 2.54. The minimum atomic E-state index is -1.09. The van der Waals surface area contributed by atoms with E-state index in [2.05, 4.69) is 15.4 Å². The standard InChI is InChI=1S/C23H23N3O5/c1-31-20(28)17-10-8-15(9-11-17)13-24-19(27)14-26-21(29)23(25-22(26)30)12-4-6-16-5-2-3-7-18(16)23/h2-3,5,7-11H,4,6,12-14H2,1H3,(H,24,27)(H,25,30)/t23-/m0/s1. The van der Waals surface area contributed by atoms with Crippen LogP contribution in [0.15, 0.2) is 48.5 Å². The summed E-state index contributed by atoms with van der Waals surface area (Å²) in [5.41, 5.74) is 1.96. The Morgan fingerprint density at radius 2 is 1.87 bits per heavy atom. The first-order valence-corrected chi connectivity index (χ1v) is 10.1. The highest BCUT2D eigenvalue weighted by molar-refractivity contribution is 6.09. The monoisotopic (exact) mass is 421 g/mol. The van der Waals surface area contributed by atoms with Gasteiger partial charge in [-0.1, -0.05) is 36.4 Å². The van der Waals surface area contributed by atoms with Gasteiger partial charge in [0.15, 0.2) is 0 Å². The number of hydrogen-bond acceptors (Lipinski definition) is 5. The third kappa shape index (κ3) is 3.76. The lowest BCUT2D eigenvalue weighted by Gasteiger charge is -2.33. The lowest BCUT2D eigenvalue weighted by Crippen LogP contribution is -2.47. The molecule has 0 unspecified atom stereocenters. The molecule has 0 aromatic heterocycles. The molecule has 4 amide bonds. The molecule has 0 saturated carbocycles. The van der Waals surface area contributed by atoms with Crippen LogP contribution in [0, 0.1) is 0 Å². The Morgan fingerprint density at radius 3 is 2.61 bits per heavy atom. The molecule has 2 aliphatic rings. The summed E-state index contributed by atoms with van der Waals surface area (Å²) in [6.45, 7) is -0.146. The number of esters is 1. The molecule has 8 nitrogen and oxygen atoms in total. The highest BCUT2D eigenvalue weighted by Crippen LogP contribution is 2.39. The highest BCUT2D eigenvalue weighted by atomic mass is 16.5. The molecule has 1 spiro atoms. The van der Waals surface area contributed by atoms with Crippen molar-refractivity contribution in [3.8, 4) is 0 Å². The molecule has 1 fully saturated rings. The summed E-state index contributed by atoms with van der Waals surface area (Å²) in [5.74, 6) is -1.27. The maximum atomic E-state index is 13.2. The molecule has 1 aliphatic carbocycles. The van der Waals surface area contributed by atoms with Gasteiger partial charge in [-0.05, 0) is 48.1 Å². The molecule has 31 heavy (non-hydrogen) atoms. The van der Waals surface area contributed by atoms with Gasteiger partial charge < -0.3 is 15.4 Å². The molecule has 160 valence electrons. The molecule has 2 aromatic carbocycles. The number of imide groups is 1. The van der Waals surface area contributed by atoms with Gasteiger partial charge in [0, 0.05) is 6.54 Å². The number of rotatable bonds is 5. The van der Waals surface area contributed by atoms with Gasteiger partial charge in [-0.15, -0.1) is 0 Å². The second-order valence-corrected chi connectivity index (χ2v) is 7.70. The molecule has 4 rings (SSSR count). The summed E-state index contributed by atoms with van der Waals surface area (Å²) >= 11 is 0. The van der Waals surface area contributed by atoms with Crippen molar-refractivity contribution in [2.45, 2.75) is 31.3 Å². The molecule has 0 radical (unpaired) electrons. The summed E-state index contributed by atoms with van der Waals surface area (Å²) in [6, 6.07) is 13.7. The Morgan fingerprint density at radius 1 is 1.13 bits per heavy atom. The number of carbonyl (C=O) groups is 4. The lowest BCUT2D eigenvalue weighted by molar-refractivity contribution is -0.135. The Hall–Kier alpha value is -3.68. The molecule has 8 heteroatoms. The van der Waals surface area contributed by atoms with Crippen molar-refractivity contribution in [2.75, 3.05) is 13.7 Å². The van der Waals surface area contributed by atoms with Crippen LogP contribution in [-0.2, 0) is 32.8 Å². The number of carbonyl (C=O) groups excluding carboxylic acids is 4. The third-order valence-electron chi connectivity index (χ3n) is 5.82. The van der Waals surface area contributed by atoms with Gasteiger partial charge in [0.05, 0.1) is 12.7 Å². The lowest BCUT2D eigenvalue weighted by atomic mass is 9.76. The first-order chi connectivity index (χ1) is 14.9. The fourth-order valence-corrected chi connectivity index (χ4v) is 4.23. The quantitative estimate of drug-likeness (QED) is 0.567. The van der Waals surface area contributed by atoms with Crippen molar-refractivity contribution in [2.24, 2.45) is 0 Å². The van der Waals surface area contributed by atoms with E-state index in [1.165, 1.54) is 7.11 Å². The second kappa shape index (κ2) is 8.22. The largest absolute Gasteiger partial charge is 0.465 e. The first-order valence-electron chi connectivity index (χ1n) is 10.1. The van der Waals surface area contributed by atoms with Crippen LogP contribution in [0.1, 0.15) is 39.9 Å². The van der Waals surface area contributed by atoms with Crippen LogP contribution in [0.2, 0.25) is 0 Å². The van der Waals surface area contributed by atoms with E-state index in [1.54, 1.807) is 24.3 Å². The molecule has 1 heterocycles. The number of ether oxygens (including phenoxy) is 1. The van der Waals surface area contributed by atoms with Crippen molar-refractivity contribution >= 4 is 23.8 Å². The SMILES string of the molecule is COC(=O)c1ccc(CNC(=O)CN2C(=O)N[C@]3(CCCc4ccccc43)C2=O)cc1. The zero-order chi connectivity index (χ0) is 22.0. The summed E-state index contributed by atoms with van der Waals surface area (Å²) in [4.78, 5) is 50.7. The Kier molecular flexibility index (Phi) is 5.46. The number of aryl methyl sites for hydroxylation is 1. The van der Waals surface area contributed by atoms with Gasteiger partial charge in [0.25, 0.3) is 5.91 Å². The van der Waals surface area contributed by atoms with Crippen molar-refractivity contribution < 1.29 is 23.9 Å². The molecule has 2 aromatic rings. The smallest absolute Gasteiger partial charge is 0.337 e. The maximum absolute atomic E-state index is 13.2. The maximum Gasteiger partial charge on any atom is 0.337 e. The Bertz CT molecular complexity index is 1050. The summed E-state index contributed by atoms with van der Waals surface area (Å²) < 4.78 is 4.65. The van der Waals surface area contributed by atoms with Gasteiger partial charge in [-0.2, -0.15) is 0 Å². The van der Waals surface area contributed by atoms with Crippen molar-refractivity contribution in [3.05, 3.63) is 70.8 Å². The molecule has 2 N–H and O–H groups in total. The van der Waals surface area contributed by atoms with Crippen LogP contribution in [0.4, 0.5) is 4.79 Å². The summed E-state index contributed by atoms with van der Waals surface area (Å²) in [7, 11) is 1.31. The topological polar surface area (TPSA) is 105 Å². The second-order valence-electron chi connectivity index (χ2n) is 7.70. The van der Waals surface area contributed by atoms with Crippen LogP contribution in [0.5, 0.6) is 0 Å². The summed E-state index contributed by atoms with van der Waals surface area (Å²) in [5, 5.41) is 5.55. The van der Waals surface area contributed by atoms with E-state index in [0.717, 1.165) is 34.4 Å². The Balaban J connectivity index is 1.41. The first kappa shape index (κ1) is 20.6. The predicted molar refractivity (Wildman–Crippen MR) is 111 cm³/mol. The zero-order valence-corrected chi connectivity index (χ0v) is 17.1. The van der Waals surface area contributed by atoms with E-state index in [4.69, 9.17) is 0 Å². The number of methoxy groups -OCH3 is 1. The van der Waals surface area contributed by atoms with Crippen LogP contribution in [0.3, 0.4) is 0 Å². The van der Waals surface area contributed by atoms with E-state index in [1.807, 2.05) is 24.3 Å². The number of hydrogen-bond donors (Lipinski definition) is 2. The fourth-order valence-electron chi connectivity index (χ4n) is 4.23. The van der Waals surface area contributed by atoms with Gasteiger partial charge in [-0.25, -0.2) is 9.59 Å². The number of fused-ring (bicyclic) bond motifs is 2. The minimum Gasteiger partial charge on any atom is -0.465 e. The number of urea groups is 1. The van der Waals surface area contributed by atoms with E-state index >= 15 is 0 Å². The minimum absolute atomic E-state index is 0.206. The van der Waals surface area contributed by atoms with Gasteiger partial charge >= 0.3 is 12.0 Å². The van der Waals surface area contributed by atoms with E-state index in [-0.39, 0.29) is 19.0 Å². The van der Waals surface area contributed by atoms with Crippen LogP contribution < -0.4 is 10.6 Å². The van der Waals surface area contributed by atoms with Crippen molar-refractivity contribution in [3.63, 3.8) is 0 Å². The van der Waals surface area contributed by atoms with Crippen LogP contribution >= 0.6 is 0 Å². The zero-order valence-electron chi connectivity index (χ0n) is 17.1. The van der Waals surface area contributed by atoms with Crippen molar-refractivity contribution in [1.82, 2.24) is 15.5 Å². The number of amides is 4. The van der Waals surface area contributed by atoms with Crippen molar-refractivity contribution in [1.29, 1.82) is 0 Å². The molecular formula is C23H23N3O5. The predicted octanol–water partition coefficient (Wildman–Crippen LogP) is 1.87. The number of nitrogens with one attached hydrogen (secondary N) is 2. The van der Waals surface area contributed by atoms with Gasteiger partial charge in [-0.3, -0.25) is 14.5 Å². The molecule has 1 aliphatic heterocycles. The third-order valence-corrected chi connectivity index (χ3v) is 5.82. The molecule has 0 bridgehead atoms. The average Bonchev–Trinajstić information content (AvgIpc) is 3.02. The number of benzene rings is 2. The van der Waals surface area contributed by atoms with Crippen LogP contribution in [0.25, 0.3) is 0 Å². The summed E-state index contributed by atoms with van der Waals surface area (Å²) in [6.07, 6.45) is 2.15. The van der Waals surface area contributed by atoms with Gasteiger partial charge in [0.1, 0.15) is 12.1 Å². The fraction of sp³-hybridized carbons (Fsp3) is 0.304. The van der Waals surface area contributed by atoms with E-state index in [0.29, 0.717) is 12.0 Å². The number of nitrogens with zero attached hydrogens (tertiary/aromatic N) is 1. The average molecular weight is 421 g/mol. The molecular weight excluding hydrogens is 398 g/mol. The van der Waals surface area contributed by atoms with Gasteiger partial charge in [0.2, 0.25) is 5.91 Å². The van der Waals surface area contributed by atoms with E-state index < -0.39 is 23.4 Å². The normalized spacial score (nSPS) is 19.7. The van der Waals surface area contributed by atoms with Crippen LogP contribution in [-0.4, -0.2) is 42.4 Å². The molecule has 1 saturated heterocycles. The Labute approximate surface area is 179 Å².